The molecule has 166 valence electrons. The number of amides is 1. The van der Waals surface area contributed by atoms with Crippen molar-refractivity contribution in [1.82, 2.24) is 14.5 Å². The number of hydrogen-bond donors (Lipinski definition) is 1. The molecule has 6 nitrogen and oxygen atoms in total. The third-order valence-corrected chi connectivity index (χ3v) is 6.72. The number of rotatable bonds is 7. The van der Waals surface area contributed by atoms with Crippen LogP contribution in [0.5, 0.6) is 0 Å². The maximum Gasteiger partial charge on any atom is 0.349 e. The van der Waals surface area contributed by atoms with Crippen molar-refractivity contribution >= 4 is 23.4 Å². The van der Waals surface area contributed by atoms with Gasteiger partial charge < -0.3 is 5.32 Å². The van der Waals surface area contributed by atoms with E-state index in [2.05, 4.69) is 29.1 Å². The van der Waals surface area contributed by atoms with Crippen LogP contribution in [0, 0.1) is 0 Å². The number of nitrogens with one attached hydrogen (secondary N) is 1. The van der Waals surface area contributed by atoms with Gasteiger partial charge in [-0.2, -0.15) is 4.98 Å². The van der Waals surface area contributed by atoms with Crippen LogP contribution >= 0.6 is 11.8 Å². The maximum atomic E-state index is 12.8. The number of benzene rings is 1. The van der Waals surface area contributed by atoms with Crippen LogP contribution in [0.3, 0.4) is 0 Å². The summed E-state index contributed by atoms with van der Waals surface area (Å²) in [5, 5.41) is 3.63. The Morgan fingerprint density at radius 3 is 2.62 bits per heavy atom. The van der Waals surface area contributed by atoms with Gasteiger partial charge in [-0.05, 0) is 61.4 Å². The van der Waals surface area contributed by atoms with E-state index < -0.39 is 0 Å². The molecule has 1 aliphatic rings. The van der Waals surface area contributed by atoms with E-state index in [4.69, 9.17) is 0 Å². The molecule has 32 heavy (non-hydrogen) atoms. The van der Waals surface area contributed by atoms with Crippen LogP contribution in [0.15, 0.2) is 58.5 Å². The van der Waals surface area contributed by atoms with Gasteiger partial charge in [-0.15, -0.1) is 0 Å². The molecule has 2 heterocycles. The van der Waals surface area contributed by atoms with Gasteiger partial charge in [0.2, 0.25) is 5.91 Å². The molecule has 0 saturated carbocycles. The first-order valence-corrected chi connectivity index (χ1v) is 12.0. The van der Waals surface area contributed by atoms with Crippen molar-refractivity contribution in [1.29, 1.82) is 0 Å². The molecule has 4 rings (SSSR count). The summed E-state index contributed by atoms with van der Waals surface area (Å²) < 4.78 is 1.75. The Kier molecular flexibility index (Phi) is 7.05. The molecule has 1 aromatic carbocycles. The third-order valence-electron chi connectivity index (χ3n) is 5.70. The van der Waals surface area contributed by atoms with Crippen molar-refractivity contribution in [3.8, 4) is 0 Å². The zero-order valence-electron chi connectivity index (χ0n) is 18.5. The number of nitrogens with zero attached hydrogens (tertiary/aromatic N) is 3. The van der Waals surface area contributed by atoms with E-state index in [-0.39, 0.29) is 17.3 Å². The molecule has 0 aliphatic heterocycles. The Bertz CT molecular complexity index is 1140. The van der Waals surface area contributed by atoms with E-state index in [1.165, 1.54) is 17.3 Å². The Morgan fingerprint density at radius 2 is 1.91 bits per heavy atom. The molecule has 1 amide bonds. The van der Waals surface area contributed by atoms with E-state index in [1.54, 1.807) is 10.8 Å². The Labute approximate surface area is 192 Å². The lowest BCUT2D eigenvalue weighted by molar-refractivity contribution is -0.113. The molecule has 0 atom stereocenters. The summed E-state index contributed by atoms with van der Waals surface area (Å²) in [4.78, 5) is 34.1. The summed E-state index contributed by atoms with van der Waals surface area (Å²) in [5.41, 5.74) is 4.72. The van der Waals surface area contributed by atoms with Crippen LogP contribution in [0.25, 0.3) is 0 Å². The van der Waals surface area contributed by atoms with Crippen LogP contribution in [0.4, 0.5) is 5.69 Å². The van der Waals surface area contributed by atoms with Crippen LogP contribution in [0.2, 0.25) is 0 Å². The molecule has 0 unspecified atom stereocenters. The van der Waals surface area contributed by atoms with Crippen molar-refractivity contribution in [3.63, 3.8) is 0 Å². The fourth-order valence-electron chi connectivity index (χ4n) is 3.97. The average molecular weight is 449 g/mol. The zero-order chi connectivity index (χ0) is 22.5. The first-order chi connectivity index (χ1) is 15.5. The summed E-state index contributed by atoms with van der Waals surface area (Å²) in [6.07, 6.45) is 5.58. The van der Waals surface area contributed by atoms with E-state index in [0.717, 1.165) is 48.3 Å². The van der Waals surface area contributed by atoms with Crippen LogP contribution in [0.1, 0.15) is 55.1 Å². The number of thioether (sulfide) groups is 1. The minimum Gasteiger partial charge on any atom is -0.325 e. The topological polar surface area (TPSA) is 76.9 Å². The number of carbonyl (C=O) groups excluding carboxylic acids is 1. The highest BCUT2D eigenvalue weighted by Gasteiger charge is 2.21. The highest BCUT2D eigenvalue weighted by molar-refractivity contribution is 8.00. The standard InChI is InChI=1S/C25H28N4O2S/c1-17(2)18-10-12-19(13-11-18)27-23(30)16-32-24-21-8-3-4-9-22(21)29(25(31)28-24)15-20-7-5-6-14-26-20/h5-7,10-14,17H,3-4,8-9,15-16H2,1-2H3,(H,27,30). The van der Waals surface area contributed by atoms with Gasteiger partial charge in [0.25, 0.3) is 0 Å². The van der Waals surface area contributed by atoms with Gasteiger partial charge in [0.15, 0.2) is 0 Å². The molecule has 0 spiro atoms. The van der Waals surface area contributed by atoms with Gasteiger partial charge in [0.05, 0.1) is 18.0 Å². The smallest absolute Gasteiger partial charge is 0.325 e. The first-order valence-electron chi connectivity index (χ1n) is 11.1. The summed E-state index contributed by atoms with van der Waals surface area (Å²) in [7, 11) is 0. The number of pyridine rings is 1. The molecule has 0 radical (unpaired) electrons. The quantitative estimate of drug-likeness (QED) is 0.428. The van der Waals surface area contributed by atoms with Gasteiger partial charge in [-0.1, -0.05) is 43.8 Å². The van der Waals surface area contributed by atoms with Crippen molar-refractivity contribution in [2.24, 2.45) is 0 Å². The van der Waals surface area contributed by atoms with E-state index in [1.807, 2.05) is 42.5 Å². The van der Waals surface area contributed by atoms with E-state index in [0.29, 0.717) is 17.5 Å². The van der Waals surface area contributed by atoms with Gasteiger partial charge in [-0.3, -0.25) is 14.3 Å². The number of aromatic nitrogens is 3. The van der Waals surface area contributed by atoms with E-state index >= 15 is 0 Å². The second-order valence-corrected chi connectivity index (χ2v) is 9.32. The van der Waals surface area contributed by atoms with Gasteiger partial charge >= 0.3 is 5.69 Å². The highest BCUT2D eigenvalue weighted by atomic mass is 32.2. The summed E-state index contributed by atoms with van der Waals surface area (Å²) >= 11 is 1.35. The molecule has 1 aliphatic carbocycles. The molecule has 0 saturated heterocycles. The molecule has 3 aromatic rings. The Balaban J connectivity index is 1.48. The maximum absolute atomic E-state index is 12.8. The molecule has 1 N–H and O–H groups in total. The van der Waals surface area contributed by atoms with Crippen molar-refractivity contribution in [3.05, 3.63) is 81.7 Å². The molecular weight excluding hydrogens is 420 g/mol. The first kappa shape index (κ1) is 22.3. The predicted molar refractivity (Wildman–Crippen MR) is 128 cm³/mol. The molecule has 0 bridgehead atoms. The van der Waals surface area contributed by atoms with Gasteiger partial charge in [0, 0.05) is 23.1 Å². The SMILES string of the molecule is CC(C)c1ccc(NC(=O)CSc2nc(=O)n(Cc3ccccn3)c3c2CCCC3)cc1. The number of hydrogen-bond acceptors (Lipinski definition) is 5. The molecule has 2 aromatic heterocycles. The summed E-state index contributed by atoms with van der Waals surface area (Å²) in [6, 6.07) is 13.6. The largest absolute Gasteiger partial charge is 0.349 e. The fraction of sp³-hybridized carbons (Fsp3) is 0.360. The lowest BCUT2D eigenvalue weighted by atomic mass is 9.97. The monoisotopic (exact) mass is 448 g/mol. The van der Waals surface area contributed by atoms with Gasteiger partial charge in [-0.25, -0.2) is 4.79 Å². The van der Waals surface area contributed by atoms with Crippen LogP contribution in [-0.2, 0) is 24.2 Å². The summed E-state index contributed by atoms with van der Waals surface area (Å²) in [5.74, 6) is 0.568. The predicted octanol–water partition coefficient (Wildman–Crippen LogP) is 4.42. The number of fused-ring (bicyclic) bond motifs is 1. The van der Waals surface area contributed by atoms with Crippen molar-refractivity contribution in [2.75, 3.05) is 11.1 Å². The third kappa shape index (κ3) is 5.27. The second kappa shape index (κ2) is 10.1. The number of anilines is 1. The van der Waals surface area contributed by atoms with E-state index in [9.17, 15) is 9.59 Å². The number of carbonyl (C=O) groups is 1. The minimum atomic E-state index is -0.275. The zero-order valence-corrected chi connectivity index (χ0v) is 19.3. The Morgan fingerprint density at radius 1 is 1.12 bits per heavy atom. The van der Waals surface area contributed by atoms with Crippen molar-refractivity contribution < 1.29 is 4.79 Å². The molecule has 7 heteroatoms. The van der Waals surface area contributed by atoms with Crippen molar-refractivity contribution in [2.45, 2.75) is 57.0 Å². The fourth-order valence-corrected chi connectivity index (χ4v) is 4.84. The Hall–Kier alpha value is -2.93. The van der Waals surface area contributed by atoms with Crippen LogP contribution in [-0.4, -0.2) is 26.2 Å². The normalized spacial score (nSPS) is 13.1. The molecular formula is C25H28N4O2S. The molecule has 0 fully saturated rings. The van der Waals surface area contributed by atoms with Crippen LogP contribution < -0.4 is 11.0 Å². The second-order valence-electron chi connectivity index (χ2n) is 8.35. The van der Waals surface area contributed by atoms with Gasteiger partial charge in [0.1, 0.15) is 5.03 Å². The highest BCUT2D eigenvalue weighted by Crippen LogP contribution is 2.29. The average Bonchev–Trinajstić information content (AvgIpc) is 2.81. The lowest BCUT2D eigenvalue weighted by Gasteiger charge is -2.22. The minimum absolute atomic E-state index is 0.101. The summed E-state index contributed by atoms with van der Waals surface area (Å²) in [6.45, 7) is 4.71. The lowest BCUT2D eigenvalue weighted by Crippen LogP contribution is -2.31.